The fourth-order valence-electron chi connectivity index (χ4n) is 3.17. The van der Waals surface area contributed by atoms with E-state index in [1.165, 1.54) is 45.2 Å². The Bertz CT molecular complexity index is 1170. The van der Waals surface area contributed by atoms with Crippen LogP contribution in [0.1, 0.15) is 16.7 Å². The summed E-state index contributed by atoms with van der Waals surface area (Å²) in [7, 11) is 0. The quantitative estimate of drug-likeness (QED) is 0.344. The van der Waals surface area contributed by atoms with Crippen LogP contribution in [-0.4, -0.2) is 33.4 Å². The van der Waals surface area contributed by atoms with Crippen LogP contribution < -0.4 is 10.6 Å². The first-order valence-corrected chi connectivity index (χ1v) is 11.5. The monoisotopic (exact) mass is 437 g/mol. The predicted molar refractivity (Wildman–Crippen MR) is 125 cm³/mol. The molecule has 1 amide bonds. The second kappa shape index (κ2) is 9.32. The third-order valence-corrected chi connectivity index (χ3v) is 6.94. The van der Waals surface area contributed by atoms with Gasteiger partial charge in [-0.25, -0.2) is 0 Å². The number of nitrogens with one attached hydrogen (secondary N) is 3. The molecule has 2 aromatic heterocycles. The first-order chi connectivity index (χ1) is 14.6. The minimum atomic E-state index is -0.000853. The summed E-state index contributed by atoms with van der Waals surface area (Å²) in [5.74, 6) is 0.325. The van der Waals surface area contributed by atoms with Crippen molar-refractivity contribution in [3.8, 4) is 0 Å². The van der Waals surface area contributed by atoms with Crippen molar-refractivity contribution < 1.29 is 4.79 Å². The van der Waals surface area contributed by atoms with Gasteiger partial charge in [-0.3, -0.25) is 4.79 Å². The zero-order chi connectivity index (χ0) is 20.9. The Balaban J connectivity index is 1.24. The van der Waals surface area contributed by atoms with Gasteiger partial charge in [-0.2, -0.15) is 0 Å². The molecule has 0 spiro atoms. The van der Waals surface area contributed by atoms with Gasteiger partial charge in [-0.15, -0.1) is 10.2 Å². The molecule has 2 heterocycles. The first-order valence-electron chi connectivity index (χ1n) is 9.71. The van der Waals surface area contributed by atoms with Crippen molar-refractivity contribution in [2.75, 3.05) is 17.6 Å². The number of fused-ring (bicyclic) bond motifs is 1. The van der Waals surface area contributed by atoms with E-state index < -0.39 is 0 Å². The summed E-state index contributed by atoms with van der Waals surface area (Å²) < 4.78 is 0.773. The van der Waals surface area contributed by atoms with Crippen LogP contribution in [0.4, 0.5) is 10.8 Å². The number of carbonyl (C=O) groups excluding carboxylic acids is 1. The number of hydrogen-bond donors (Lipinski definition) is 3. The first kappa shape index (κ1) is 20.4. The molecule has 0 aliphatic rings. The molecule has 6 nitrogen and oxygen atoms in total. The summed E-state index contributed by atoms with van der Waals surface area (Å²) in [5, 5.41) is 16.6. The number of para-hydroxylation sites is 1. The SMILES string of the molecule is Cc1cccc(Nc2nnc(SCC(=O)NCCc3c[nH]c4ccccc34)s2)c1C. The fourth-order valence-corrected chi connectivity index (χ4v) is 4.77. The van der Waals surface area contributed by atoms with E-state index in [4.69, 9.17) is 0 Å². The van der Waals surface area contributed by atoms with E-state index in [2.05, 4.69) is 57.9 Å². The second-order valence-corrected chi connectivity index (χ2v) is 9.19. The Morgan fingerprint density at radius 1 is 1.13 bits per heavy atom. The number of aromatic amines is 1. The van der Waals surface area contributed by atoms with E-state index in [0.717, 1.165) is 27.1 Å². The number of rotatable bonds is 8. The van der Waals surface area contributed by atoms with Crippen LogP contribution in [0.3, 0.4) is 0 Å². The van der Waals surface area contributed by atoms with Crippen LogP contribution in [0.2, 0.25) is 0 Å². The van der Waals surface area contributed by atoms with E-state index >= 15 is 0 Å². The maximum absolute atomic E-state index is 12.2. The standard InChI is InChI=1S/C22H23N5OS2/c1-14-6-5-9-18(15(14)2)25-21-26-27-22(30-21)29-13-20(28)23-11-10-16-12-24-19-8-4-3-7-17(16)19/h3-9,12,24H,10-11,13H2,1-2H3,(H,23,28)(H,25,26). The van der Waals surface area contributed by atoms with Gasteiger partial charge in [0.2, 0.25) is 11.0 Å². The van der Waals surface area contributed by atoms with Crippen molar-refractivity contribution in [2.24, 2.45) is 0 Å². The number of carbonyl (C=O) groups is 1. The molecule has 30 heavy (non-hydrogen) atoms. The number of H-pyrrole nitrogens is 1. The lowest BCUT2D eigenvalue weighted by atomic mass is 10.1. The largest absolute Gasteiger partial charge is 0.361 e. The third kappa shape index (κ3) is 4.83. The van der Waals surface area contributed by atoms with E-state index in [-0.39, 0.29) is 5.91 Å². The summed E-state index contributed by atoms with van der Waals surface area (Å²) in [6.07, 6.45) is 2.81. The predicted octanol–water partition coefficient (Wildman–Crippen LogP) is 4.83. The van der Waals surface area contributed by atoms with Crippen LogP contribution in [0.25, 0.3) is 10.9 Å². The smallest absolute Gasteiger partial charge is 0.230 e. The van der Waals surface area contributed by atoms with Gasteiger partial charge in [0.15, 0.2) is 4.34 Å². The molecule has 154 valence electrons. The number of benzene rings is 2. The highest BCUT2D eigenvalue weighted by Gasteiger charge is 2.10. The average molecular weight is 438 g/mol. The van der Waals surface area contributed by atoms with Gasteiger partial charge in [0.25, 0.3) is 0 Å². The van der Waals surface area contributed by atoms with Crippen molar-refractivity contribution >= 4 is 50.7 Å². The van der Waals surface area contributed by atoms with Gasteiger partial charge in [0.05, 0.1) is 5.75 Å². The van der Waals surface area contributed by atoms with Gasteiger partial charge in [-0.1, -0.05) is 53.4 Å². The van der Waals surface area contributed by atoms with Crippen LogP contribution in [0, 0.1) is 13.8 Å². The Hall–Kier alpha value is -2.84. The van der Waals surface area contributed by atoms with E-state index in [0.29, 0.717) is 12.3 Å². The van der Waals surface area contributed by atoms with Gasteiger partial charge < -0.3 is 15.6 Å². The zero-order valence-electron chi connectivity index (χ0n) is 16.9. The van der Waals surface area contributed by atoms with Gasteiger partial charge in [-0.05, 0) is 49.1 Å². The highest BCUT2D eigenvalue weighted by Crippen LogP contribution is 2.29. The Morgan fingerprint density at radius 3 is 2.90 bits per heavy atom. The van der Waals surface area contributed by atoms with E-state index in [9.17, 15) is 4.79 Å². The molecule has 3 N–H and O–H groups in total. The lowest BCUT2D eigenvalue weighted by molar-refractivity contribution is -0.118. The minimum Gasteiger partial charge on any atom is -0.361 e. The van der Waals surface area contributed by atoms with Crippen molar-refractivity contribution in [2.45, 2.75) is 24.6 Å². The van der Waals surface area contributed by atoms with Gasteiger partial charge in [0.1, 0.15) is 0 Å². The molecule has 2 aromatic carbocycles. The summed E-state index contributed by atoms with van der Waals surface area (Å²) in [5.41, 5.74) is 5.78. The summed E-state index contributed by atoms with van der Waals surface area (Å²) >= 11 is 2.86. The Labute approximate surface area is 183 Å². The maximum Gasteiger partial charge on any atom is 0.230 e. The molecule has 0 bridgehead atoms. The molecule has 0 atom stereocenters. The molecule has 0 saturated carbocycles. The molecule has 0 radical (unpaired) electrons. The normalized spacial score (nSPS) is 11.0. The summed E-state index contributed by atoms with van der Waals surface area (Å²) in [4.78, 5) is 15.5. The lowest BCUT2D eigenvalue weighted by Crippen LogP contribution is -2.27. The molecule has 4 aromatic rings. The maximum atomic E-state index is 12.2. The van der Waals surface area contributed by atoms with Crippen LogP contribution in [-0.2, 0) is 11.2 Å². The number of aromatic nitrogens is 3. The van der Waals surface area contributed by atoms with E-state index in [1.54, 1.807) is 0 Å². The van der Waals surface area contributed by atoms with Crippen molar-refractivity contribution in [3.05, 3.63) is 65.4 Å². The fraction of sp³-hybridized carbons (Fsp3) is 0.227. The average Bonchev–Trinajstić information content (AvgIpc) is 3.37. The molecule has 0 fully saturated rings. The number of anilines is 2. The van der Waals surface area contributed by atoms with Crippen molar-refractivity contribution in [1.82, 2.24) is 20.5 Å². The second-order valence-electron chi connectivity index (χ2n) is 6.99. The topological polar surface area (TPSA) is 82.7 Å². The number of nitrogens with zero attached hydrogens (tertiary/aromatic N) is 2. The molecule has 0 aliphatic heterocycles. The van der Waals surface area contributed by atoms with E-state index in [1.807, 2.05) is 30.5 Å². The van der Waals surface area contributed by atoms with Gasteiger partial charge in [0, 0.05) is 29.3 Å². The number of amides is 1. The summed E-state index contributed by atoms with van der Waals surface area (Å²) in [6, 6.07) is 14.3. The molecule has 4 rings (SSSR count). The molecule has 0 unspecified atom stereocenters. The van der Waals surface area contributed by atoms with Crippen LogP contribution in [0.15, 0.2) is 53.0 Å². The summed E-state index contributed by atoms with van der Waals surface area (Å²) in [6.45, 7) is 4.77. The Kier molecular flexibility index (Phi) is 6.35. The number of hydrogen-bond acceptors (Lipinski definition) is 6. The van der Waals surface area contributed by atoms with Gasteiger partial charge >= 0.3 is 0 Å². The third-order valence-electron chi connectivity index (χ3n) is 4.97. The highest BCUT2D eigenvalue weighted by molar-refractivity contribution is 8.01. The molecule has 0 saturated heterocycles. The lowest BCUT2D eigenvalue weighted by Gasteiger charge is -2.08. The number of aryl methyl sites for hydroxylation is 1. The Morgan fingerprint density at radius 2 is 2.00 bits per heavy atom. The zero-order valence-corrected chi connectivity index (χ0v) is 18.5. The highest BCUT2D eigenvalue weighted by atomic mass is 32.2. The minimum absolute atomic E-state index is 0.000853. The molecule has 8 heteroatoms. The molecular weight excluding hydrogens is 414 g/mol. The van der Waals surface area contributed by atoms with Crippen LogP contribution in [0.5, 0.6) is 0 Å². The van der Waals surface area contributed by atoms with Crippen molar-refractivity contribution in [3.63, 3.8) is 0 Å². The van der Waals surface area contributed by atoms with Crippen LogP contribution >= 0.6 is 23.1 Å². The van der Waals surface area contributed by atoms with Crippen molar-refractivity contribution in [1.29, 1.82) is 0 Å². The molecular formula is C22H23N5OS2. The number of thioether (sulfide) groups is 1. The molecule has 0 aliphatic carbocycles.